The van der Waals surface area contributed by atoms with Gasteiger partial charge in [-0.2, -0.15) is 17.0 Å². The molecule has 118 valence electrons. The molecule has 0 aromatic carbocycles. The van der Waals surface area contributed by atoms with Crippen LogP contribution in [-0.4, -0.2) is 35.0 Å². The minimum atomic E-state index is -0.862. The summed E-state index contributed by atoms with van der Waals surface area (Å²) in [5.74, 6) is -0.766. The van der Waals surface area contributed by atoms with Crippen molar-refractivity contribution in [3.05, 3.63) is 0 Å². The molecular weight excluding hydrogens is 288 g/mol. The van der Waals surface area contributed by atoms with Crippen molar-refractivity contribution in [3.8, 4) is 6.07 Å². The largest absolute Gasteiger partial charge is 0.453 e. The maximum atomic E-state index is 12.1. The topological polar surface area (TPSA) is 79.2 Å². The van der Waals surface area contributed by atoms with Gasteiger partial charge < -0.3 is 10.1 Å². The number of ether oxygens (including phenoxy) is 1. The average molecular weight is 312 g/mol. The van der Waals surface area contributed by atoms with Crippen LogP contribution in [0.5, 0.6) is 0 Å². The van der Waals surface area contributed by atoms with Crippen LogP contribution in [0.1, 0.15) is 52.4 Å². The fourth-order valence-electron chi connectivity index (χ4n) is 2.37. The number of carbonyl (C=O) groups is 2. The van der Waals surface area contributed by atoms with E-state index in [4.69, 9.17) is 4.74 Å². The molecule has 0 aromatic heterocycles. The first-order chi connectivity index (χ1) is 9.92. The van der Waals surface area contributed by atoms with E-state index in [1.807, 2.05) is 13.2 Å². The summed E-state index contributed by atoms with van der Waals surface area (Å²) in [5, 5.41) is 12.3. The Kier molecular flexibility index (Phi) is 7.03. The predicted octanol–water partition coefficient (Wildman–Crippen LogP) is 2.40. The summed E-state index contributed by atoms with van der Waals surface area (Å²) in [7, 11) is 0. The van der Waals surface area contributed by atoms with Gasteiger partial charge in [0, 0.05) is 5.25 Å². The molecule has 6 heteroatoms. The van der Waals surface area contributed by atoms with Crippen molar-refractivity contribution in [2.45, 2.75) is 69.3 Å². The quantitative estimate of drug-likeness (QED) is 0.762. The van der Waals surface area contributed by atoms with E-state index in [1.54, 1.807) is 18.7 Å². The standard InChI is InChI=1S/C15H24N2O3S/c1-11(21-3)9-13(18)20-12(2)14(19)17-15(10-16)7-5-4-6-8-15/h11-12H,4-9H2,1-3H3,(H,17,19)/t11-,12+/m1/s1. The van der Waals surface area contributed by atoms with Crippen molar-refractivity contribution in [2.24, 2.45) is 0 Å². The molecule has 0 spiro atoms. The second kappa shape index (κ2) is 8.28. The SMILES string of the molecule is CS[C@H](C)CC(=O)O[C@@H](C)C(=O)NC1(C#N)CCCCC1. The van der Waals surface area contributed by atoms with Crippen molar-refractivity contribution < 1.29 is 14.3 Å². The van der Waals surface area contributed by atoms with E-state index in [1.165, 1.54) is 0 Å². The molecule has 1 aliphatic carbocycles. The summed E-state index contributed by atoms with van der Waals surface area (Å²) in [5.41, 5.74) is -0.789. The number of hydrogen-bond acceptors (Lipinski definition) is 5. The van der Waals surface area contributed by atoms with Gasteiger partial charge in [0.15, 0.2) is 6.10 Å². The maximum Gasteiger partial charge on any atom is 0.307 e. The lowest BCUT2D eigenvalue weighted by molar-refractivity contribution is -0.155. The third kappa shape index (κ3) is 5.58. The van der Waals surface area contributed by atoms with Crippen molar-refractivity contribution in [1.29, 1.82) is 5.26 Å². The number of rotatable bonds is 6. The Bertz CT molecular complexity index is 414. The Balaban J connectivity index is 2.50. The van der Waals surface area contributed by atoms with E-state index in [2.05, 4.69) is 11.4 Å². The number of nitrogens with zero attached hydrogens (tertiary/aromatic N) is 1. The highest BCUT2D eigenvalue weighted by Gasteiger charge is 2.35. The van der Waals surface area contributed by atoms with Crippen LogP contribution in [0.15, 0.2) is 0 Å². The summed E-state index contributed by atoms with van der Waals surface area (Å²) in [6.07, 6.45) is 5.64. The van der Waals surface area contributed by atoms with E-state index in [0.717, 1.165) is 19.3 Å². The van der Waals surface area contributed by atoms with Gasteiger partial charge in [0.05, 0.1) is 12.5 Å². The molecule has 1 rings (SSSR count). The first-order valence-electron chi connectivity index (χ1n) is 7.38. The molecule has 0 aromatic rings. The first kappa shape index (κ1) is 17.8. The van der Waals surface area contributed by atoms with Gasteiger partial charge in [0.25, 0.3) is 5.91 Å². The van der Waals surface area contributed by atoms with Gasteiger partial charge in [0.2, 0.25) is 0 Å². The molecule has 0 heterocycles. The molecule has 5 nitrogen and oxygen atoms in total. The number of nitrogens with one attached hydrogen (secondary N) is 1. The molecule has 1 saturated carbocycles. The molecule has 1 amide bonds. The van der Waals surface area contributed by atoms with Gasteiger partial charge >= 0.3 is 5.97 Å². The van der Waals surface area contributed by atoms with Crippen LogP contribution >= 0.6 is 11.8 Å². The molecule has 0 unspecified atom stereocenters. The zero-order valence-corrected chi connectivity index (χ0v) is 13.8. The molecular formula is C15H24N2O3S. The van der Waals surface area contributed by atoms with Crippen LogP contribution in [0.2, 0.25) is 0 Å². The minimum Gasteiger partial charge on any atom is -0.453 e. The Hall–Kier alpha value is -1.22. The maximum absolute atomic E-state index is 12.1. The van der Waals surface area contributed by atoms with Gasteiger partial charge in [-0.15, -0.1) is 0 Å². The monoisotopic (exact) mass is 312 g/mol. The first-order valence-corrected chi connectivity index (χ1v) is 8.67. The number of nitriles is 1. The van der Waals surface area contributed by atoms with Gasteiger partial charge in [-0.1, -0.05) is 26.2 Å². The van der Waals surface area contributed by atoms with Crippen LogP contribution in [0, 0.1) is 11.3 Å². The lowest BCUT2D eigenvalue weighted by atomic mass is 9.83. The fourth-order valence-corrected chi connectivity index (χ4v) is 2.68. The van der Waals surface area contributed by atoms with Crippen molar-refractivity contribution >= 4 is 23.6 Å². The summed E-state index contributed by atoms with van der Waals surface area (Å²) in [4.78, 5) is 23.8. The Morgan fingerprint density at radius 2 is 1.95 bits per heavy atom. The fraction of sp³-hybridized carbons (Fsp3) is 0.800. The lowest BCUT2D eigenvalue weighted by Crippen LogP contribution is -2.52. The summed E-state index contributed by atoms with van der Waals surface area (Å²) in [6.45, 7) is 3.48. The molecule has 0 bridgehead atoms. The van der Waals surface area contributed by atoms with Crippen LogP contribution in [-0.2, 0) is 14.3 Å². The highest BCUT2D eigenvalue weighted by molar-refractivity contribution is 7.99. The molecule has 0 saturated heterocycles. The van der Waals surface area contributed by atoms with Gasteiger partial charge in [-0.3, -0.25) is 9.59 Å². The van der Waals surface area contributed by atoms with Gasteiger partial charge in [-0.05, 0) is 26.0 Å². The van der Waals surface area contributed by atoms with Crippen molar-refractivity contribution in [3.63, 3.8) is 0 Å². The summed E-state index contributed by atoms with van der Waals surface area (Å²) in [6, 6.07) is 2.22. The molecule has 2 atom stereocenters. The number of amides is 1. The van der Waals surface area contributed by atoms with E-state index in [9.17, 15) is 14.9 Å². The van der Waals surface area contributed by atoms with Crippen LogP contribution in [0.4, 0.5) is 0 Å². The number of carbonyl (C=O) groups excluding carboxylic acids is 2. The van der Waals surface area contributed by atoms with Crippen molar-refractivity contribution in [1.82, 2.24) is 5.32 Å². The van der Waals surface area contributed by atoms with E-state index >= 15 is 0 Å². The Morgan fingerprint density at radius 3 is 2.48 bits per heavy atom. The van der Waals surface area contributed by atoms with Gasteiger partial charge in [0.1, 0.15) is 5.54 Å². The summed E-state index contributed by atoms with van der Waals surface area (Å²) < 4.78 is 5.14. The zero-order chi connectivity index (χ0) is 15.9. The highest BCUT2D eigenvalue weighted by Crippen LogP contribution is 2.27. The zero-order valence-electron chi connectivity index (χ0n) is 13.0. The molecule has 0 aliphatic heterocycles. The molecule has 0 radical (unpaired) electrons. The van der Waals surface area contributed by atoms with Gasteiger partial charge in [-0.25, -0.2) is 0 Å². The van der Waals surface area contributed by atoms with Crippen LogP contribution in [0.3, 0.4) is 0 Å². The molecule has 1 fully saturated rings. The Morgan fingerprint density at radius 1 is 1.33 bits per heavy atom. The third-order valence-electron chi connectivity index (χ3n) is 3.82. The smallest absolute Gasteiger partial charge is 0.307 e. The second-order valence-corrected chi connectivity index (χ2v) is 6.90. The molecule has 1 aliphatic rings. The minimum absolute atomic E-state index is 0.163. The molecule has 1 N–H and O–H groups in total. The third-order valence-corrected chi connectivity index (χ3v) is 4.79. The highest BCUT2D eigenvalue weighted by atomic mass is 32.2. The van der Waals surface area contributed by atoms with E-state index in [-0.39, 0.29) is 23.5 Å². The number of thioether (sulfide) groups is 1. The van der Waals surface area contributed by atoms with Crippen LogP contribution < -0.4 is 5.32 Å². The van der Waals surface area contributed by atoms with Crippen LogP contribution in [0.25, 0.3) is 0 Å². The number of hydrogen-bond donors (Lipinski definition) is 1. The lowest BCUT2D eigenvalue weighted by Gasteiger charge is -2.32. The van der Waals surface area contributed by atoms with E-state index in [0.29, 0.717) is 12.8 Å². The average Bonchev–Trinajstić information content (AvgIpc) is 2.47. The molecule has 21 heavy (non-hydrogen) atoms. The van der Waals surface area contributed by atoms with Crippen molar-refractivity contribution in [2.75, 3.05) is 6.26 Å². The summed E-state index contributed by atoms with van der Waals surface area (Å²) >= 11 is 1.58. The number of esters is 1. The normalized spacial score (nSPS) is 19.9. The predicted molar refractivity (Wildman–Crippen MR) is 82.7 cm³/mol. The second-order valence-electron chi connectivity index (χ2n) is 5.63. The Labute approximate surface area is 130 Å². The van der Waals surface area contributed by atoms with E-state index < -0.39 is 11.6 Å².